The molecule has 1 rings (SSSR count). The minimum atomic E-state index is -0.926. The monoisotopic (exact) mass is 329 g/mol. The smallest absolute Gasteiger partial charge is 0.344 e. The number of hydrogen-bond donors (Lipinski definition) is 2. The first kappa shape index (κ1) is 16.0. The molecule has 0 radical (unpaired) electrons. The summed E-state index contributed by atoms with van der Waals surface area (Å²) in [6.07, 6.45) is 0.457. The van der Waals surface area contributed by atoms with E-state index in [2.05, 4.69) is 21.2 Å². The molecule has 0 aliphatic carbocycles. The van der Waals surface area contributed by atoms with Gasteiger partial charge in [0.25, 0.3) is 0 Å². The van der Waals surface area contributed by atoms with Crippen LogP contribution in [0.15, 0.2) is 22.7 Å². The van der Waals surface area contributed by atoms with Crippen LogP contribution < -0.4 is 10.1 Å². The van der Waals surface area contributed by atoms with E-state index in [-0.39, 0.29) is 6.04 Å². The number of carboxylic acids is 1. The minimum Gasteiger partial charge on any atom is -0.479 e. The van der Waals surface area contributed by atoms with E-state index in [1.165, 1.54) is 0 Å². The maximum atomic E-state index is 11.2. The third kappa shape index (κ3) is 4.51. The number of hydrogen-bond acceptors (Lipinski definition) is 3. The average Bonchev–Trinajstić information content (AvgIpc) is 2.37. The summed E-state index contributed by atoms with van der Waals surface area (Å²) in [5, 5.41) is 12.3. The molecule has 1 aromatic rings. The van der Waals surface area contributed by atoms with Crippen molar-refractivity contribution >= 4 is 21.9 Å². The van der Waals surface area contributed by atoms with E-state index >= 15 is 0 Å². The van der Waals surface area contributed by atoms with E-state index in [4.69, 9.17) is 9.84 Å². The van der Waals surface area contributed by atoms with Crippen molar-refractivity contribution in [2.75, 3.05) is 7.05 Å². The fourth-order valence-corrected chi connectivity index (χ4v) is 2.11. The Balaban J connectivity index is 3.03. The van der Waals surface area contributed by atoms with Crippen LogP contribution in [0.1, 0.15) is 38.3 Å². The molecule has 2 N–H and O–H groups in total. The lowest BCUT2D eigenvalue weighted by atomic mass is 10.1. The van der Waals surface area contributed by atoms with Crippen LogP contribution in [0.25, 0.3) is 0 Å². The van der Waals surface area contributed by atoms with Crippen molar-refractivity contribution in [3.63, 3.8) is 0 Å². The number of rotatable bonds is 7. The van der Waals surface area contributed by atoms with Gasteiger partial charge in [-0.2, -0.15) is 0 Å². The first-order valence-electron chi connectivity index (χ1n) is 6.35. The van der Waals surface area contributed by atoms with Crippen LogP contribution in [0.5, 0.6) is 5.75 Å². The molecule has 0 spiro atoms. The topological polar surface area (TPSA) is 58.6 Å². The molecule has 0 heterocycles. The molecule has 106 valence electrons. The molecule has 0 saturated carbocycles. The molecule has 2 atom stereocenters. The Morgan fingerprint density at radius 3 is 2.74 bits per heavy atom. The molecule has 0 amide bonds. The third-order valence-corrected chi connectivity index (χ3v) is 3.46. The largest absolute Gasteiger partial charge is 0.479 e. The molecule has 0 aromatic heterocycles. The van der Waals surface area contributed by atoms with E-state index < -0.39 is 12.1 Å². The fourth-order valence-electron chi connectivity index (χ4n) is 1.77. The number of benzene rings is 1. The van der Waals surface area contributed by atoms with Gasteiger partial charge in [0.2, 0.25) is 0 Å². The van der Waals surface area contributed by atoms with Crippen molar-refractivity contribution in [2.45, 2.75) is 38.8 Å². The highest BCUT2D eigenvalue weighted by Gasteiger charge is 2.21. The number of nitrogens with one attached hydrogen (secondary N) is 1. The van der Waals surface area contributed by atoms with Gasteiger partial charge in [-0.25, -0.2) is 4.79 Å². The Morgan fingerprint density at radius 1 is 1.53 bits per heavy atom. The van der Waals surface area contributed by atoms with Gasteiger partial charge < -0.3 is 15.2 Å². The van der Waals surface area contributed by atoms with Gasteiger partial charge in [0, 0.05) is 16.1 Å². The quantitative estimate of drug-likeness (QED) is 0.805. The van der Waals surface area contributed by atoms with Gasteiger partial charge in [-0.3, -0.25) is 0 Å². The molecule has 0 bridgehead atoms. The second kappa shape index (κ2) is 7.50. The number of aliphatic carboxylic acids is 1. The molecule has 2 unspecified atom stereocenters. The van der Waals surface area contributed by atoms with Crippen molar-refractivity contribution in [3.05, 3.63) is 28.2 Å². The second-order valence-corrected chi connectivity index (χ2v) is 5.34. The predicted molar refractivity (Wildman–Crippen MR) is 78.6 cm³/mol. The summed E-state index contributed by atoms with van der Waals surface area (Å²) < 4.78 is 6.55. The zero-order valence-electron chi connectivity index (χ0n) is 11.4. The molecule has 0 aliphatic rings. The molecule has 1 aromatic carbocycles. The maximum Gasteiger partial charge on any atom is 0.344 e. The molecule has 0 saturated heterocycles. The Hall–Kier alpha value is -1.07. The summed E-state index contributed by atoms with van der Waals surface area (Å²) in [5.74, 6) is -0.318. The van der Waals surface area contributed by atoms with E-state index in [0.29, 0.717) is 12.2 Å². The SMILES string of the molecule is CCCC(Oc1cc(Br)ccc1C(C)NC)C(=O)O. The van der Waals surface area contributed by atoms with Gasteiger partial charge in [-0.05, 0) is 32.5 Å². The van der Waals surface area contributed by atoms with Crippen molar-refractivity contribution < 1.29 is 14.6 Å². The van der Waals surface area contributed by atoms with Crippen LogP contribution in [0.3, 0.4) is 0 Å². The summed E-state index contributed by atoms with van der Waals surface area (Å²) >= 11 is 3.39. The minimum absolute atomic E-state index is 0.0965. The summed E-state index contributed by atoms with van der Waals surface area (Å²) in [6, 6.07) is 5.77. The van der Waals surface area contributed by atoms with Crippen LogP contribution >= 0.6 is 15.9 Å². The van der Waals surface area contributed by atoms with Gasteiger partial charge in [-0.1, -0.05) is 35.3 Å². The lowest BCUT2D eigenvalue weighted by molar-refractivity contribution is -0.145. The van der Waals surface area contributed by atoms with E-state index in [1.54, 1.807) is 0 Å². The standard InChI is InChI=1S/C14H20BrNO3/c1-4-5-12(14(17)18)19-13-8-10(15)6-7-11(13)9(2)16-3/h6-9,12,16H,4-5H2,1-3H3,(H,17,18). The first-order chi connectivity index (χ1) is 8.99. The van der Waals surface area contributed by atoms with Crippen LogP contribution in [0.2, 0.25) is 0 Å². The van der Waals surface area contributed by atoms with Crippen LogP contribution in [-0.2, 0) is 4.79 Å². The zero-order chi connectivity index (χ0) is 14.4. The molecule has 0 fully saturated rings. The highest BCUT2D eigenvalue weighted by atomic mass is 79.9. The number of halogens is 1. The van der Waals surface area contributed by atoms with Crippen molar-refractivity contribution in [1.29, 1.82) is 0 Å². The molecule has 19 heavy (non-hydrogen) atoms. The Bertz CT molecular complexity index is 437. The summed E-state index contributed by atoms with van der Waals surface area (Å²) in [4.78, 5) is 11.2. The maximum absolute atomic E-state index is 11.2. The molecule has 4 nitrogen and oxygen atoms in total. The molecule has 0 aliphatic heterocycles. The normalized spacial score (nSPS) is 13.9. The van der Waals surface area contributed by atoms with Crippen LogP contribution in [-0.4, -0.2) is 24.2 Å². The summed E-state index contributed by atoms with van der Waals surface area (Å²) in [7, 11) is 1.86. The number of carboxylic acid groups (broad SMARTS) is 1. The highest BCUT2D eigenvalue weighted by molar-refractivity contribution is 9.10. The third-order valence-electron chi connectivity index (χ3n) is 2.97. The van der Waals surface area contributed by atoms with Crippen LogP contribution in [0, 0.1) is 0 Å². The van der Waals surface area contributed by atoms with Gasteiger partial charge in [0.05, 0.1) is 0 Å². The van der Waals surface area contributed by atoms with Gasteiger partial charge in [0.1, 0.15) is 5.75 Å². The first-order valence-corrected chi connectivity index (χ1v) is 7.15. The molecule has 5 heteroatoms. The van der Waals surface area contributed by atoms with E-state index in [9.17, 15) is 4.79 Å². The average molecular weight is 330 g/mol. The Kier molecular flexibility index (Phi) is 6.31. The van der Waals surface area contributed by atoms with Crippen molar-refractivity contribution in [1.82, 2.24) is 5.32 Å². The number of ether oxygens (including phenoxy) is 1. The highest BCUT2D eigenvalue weighted by Crippen LogP contribution is 2.29. The summed E-state index contributed by atoms with van der Waals surface area (Å²) in [6.45, 7) is 3.95. The lowest BCUT2D eigenvalue weighted by Gasteiger charge is -2.20. The second-order valence-electron chi connectivity index (χ2n) is 4.43. The van der Waals surface area contributed by atoms with E-state index in [1.807, 2.05) is 39.1 Å². The van der Waals surface area contributed by atoms with E-state index in [0.717, 1.165) is 16.5 Å². The molecular formula is C14H20BrNO3. The summed E-state index contributed by atoms with van der Waals surface area (Å²) in [5.41, 5.74) is 0.952. The van der Waals surface area contributed by atoms with Crippen LogP contribution in [0.4, 0.5) is 0 Å². The molecular weight excluding hydrogens is 310 g/mol. The lowest BCUT2D eigenvalue weighted by Crippen LogP contribution is -2.27. The Morgan fingerprint density at radius 2 is 2.21 bits per heavy atom. The van der Waals surface area contributed by atoms with Gasteiger partial charge >= 0.3 is 5.97 Å². The zero-order valence-corrected chi connectivity index (χ0v) is 13.0. The van der Waals surface area contributed by atoms with Crippen molar-refractivity contribution in [3.8, 4) is 5.75 Å². The van der Waals surface area contributed by atoms with Crippen molar-refractivity contribution in [2.24, 2.45) is 0 Å². The fraction of sp³-hybridized carbons (Fsp3) is 0.500. The number of carbonyl (C=O) groups is 1. The van der Waals surface area contributed by atoms with Gasteiger partial charge in [0.15, 0.2) is 6.10 Å². The Labute approximate surface area is 122 Å². The van der Waals surface area contributed by atoms with Gasteiger partial charge in [-0.15, -0.1) is 0 Å². The predicted octanol–water partition coefficient (Wildman–Crippen LogP) is 3.36.